The first-order valence-electron chi connectivity index (χ1n) is 9.83. The Morgan fingerprint density at radius 2 is 1.66 bits per heavy atom. The number of fused-ring (bicyclic) bond motifs is 2. The monoisotopic (exact) mass is 379 g/mol. The highest BCUT2D eigenvalue weighted by Gasteiger charge is 2.26. The van der Waals surface area contributed by atoms with Crippen LogP contribution in [0.15, 0.2) is 79.4 Å². The van der Waals surface area contributed by atoms with E-state index in [4.69, 9.17) is 4.98 Å². The quantitative estimate of drug-likeness (QED) is 0.470. The molecule has 3 aromatic carbocycles. The first-order chi connectivity index (χ1) is 14.2. The first kappa shape index (κ1) is 17.4. The smallest absolute Gasteiger partial charge is 0.270 e. The van der Waals surface area contributed by atoms with Gasteiger partial charge in [0.25, 0.3) is 5.91 Å². The SMILES string of the molecule is C=C(NNC(=O)c1cc(C2CC2)nc2ccccc12)c1ccc2ccccc2c1. The summed E-state index contributed by atoms with van der Waals surface area (Å²) < 4.78 is 0. The number of nitrogens with one attached hydrogen (secondary N) is 2. The summed E-state index contributed by atoms with van der Waals surface area (Å²) in [4.78, 5) is 17.7. The number of nitrogens with zero attached hydrogens (tertiary/aromatic N) is 1. The maximum Gasteiger partial charge on any atom is 0.270 e. The second kappa shape index (κ2) is 7.06. The van der Waals surface area contributed by atoms with Gasteiger partial charge in [-0.05, 0) is 47.4 Å². The molecule has 0 saturated heterocycles. The number of benzene rings is 3. The van der Waals surface area contributed by atoms with Crippen molar-refractivity contribution in [3.63, 3.8) is 0 Å². The minimum absolute atomic E-state index is 0.188. The van der Waals surface area contributed by atoms with E-state index in [1.807, 2.05) is 48.5 Å². The third-order valence-electron chi connectivity index (χ3n) is 5.40. The average Bonchev–Trinajstić information content (AvgIpc) is 3.61. The van der Waals surface area contributed by atoms with E-state index in [9.17, 15) is 4.79 Å². The summed E-state index contributed by atoms with van der Waals surface area (Å²) in [6.07, 6.45) is 2.28. The zero-order valence-corrected chi connectivity index (χ0v) is 16.0. The van der Waals surface area contributed by atoms with E-state index in [1.54, 1.807) is 0 Å². The van der Waals surface area contributed by atoms with Crippen molar-refractivity contribution >= 4 is 33.3 Å². The normalized spacial score (nSPS) is 13.4. The third-order valence-corrected chi connectivity index (χ3v) is 5.40. The molecule has 142 valence electrons. The van der Waals surface area contributed by atoms with Crippen molar-refractivity contribution in [3.8, 4) is 0 Å². The lowest BCUT2D eigenvalue weighted by molar-refractivity contribution is 0.0944. The van der Waals surface area contributed by atoms with Gasteiger partial charge >= 0.3 is 0 Å². The van der Waals surface area contributed by atoms with Gasteiger partial charge < -0.3 is 0 Å². The number of para-hydroxylation sites is 1. The van der Waals surface area contributed by atoms with Crippen molar-refractivity contribution < 1.29 is 4.79 Å². The molecule has 0 aliphatic heterocycles. The van der Waals surface area contributed by atoms with E-state index in [1.165, 1.54) is 5.39 Å². The minimum atomic E-state index is -0.188. The predicted molar refractivity (Wildman–Crippen MR) is 117 cm³/mol. The molecule has 1 fully saturated rings. The molecule has 2 N–H and O–H groups in total. The van der Waals surface area contributed by atoms with Crippen molar-refractivity contribution in [2.45, 2.75) is 18.8 Å². The molecule has 1 aromatic heterocycles. The lowest BCUT2D eigenvalue weighted by Gasteiger charge is -2.14. The summed E-state index contributed by atoms with van der Waals surface area (Å²) in [6.45, 7) is 4.08. The number of pyridine rings is 1. The van der Waals surface area contributed by atoms with Gasteiger partial charge in [0.15, 0.2) is 0 Å². The first-order valence-corrected chi connectivity index (χ1v) is 9.83. The Labute approximate surface area is 169 Å². The molecule has 1 heterocycles. The number of hydrazine groups is 1. The van der Waals surface area contributed by atoms with Crippen LogP contribution in [-0.2, 0) is 0 Å². The second-order valence-corrected chi connectivity index (χ2v) is 7.51. The van der Waals surface area contributed by atoms with Crippen molar-refractivity contribution in [3.05, 3.63) is 96.2 Å². The third kappa shape index (κ3) is 3.45. The van der Waals surface area contributed by atoms with E-state index < -0.39 is 0 Å². The number of amides is 1. The van der Waals surface area contributed by atoms with Crippen LogP contribution in [0.2, 0.25) is 0 Å². The van der Waals surface area contributed by atoms with E-state index in [0.29, 0.717) is 17.2 Å². The zero-order chi connectivity index (χ0) is 19.8. The Morgan fingerprint density at radius 1 is 0.897 bits per heavy atom. The molecule has 0 radical (unpaired) electrons. The van der Waals surface area contributed by atoms with Gasteiger partial charge in [-0.3, -0.25) is 20.6 Å². The molecule has 4 nitrogen and oxygen atoms in total. The van der Waals surface area contributed by atoms with Crippen molar-refractivity contribution in [2.75, 3.05) is 0 Å². The van der Waals surface area contributed by atoms with Gasteiger partial charge in [-0.15, -0.1) is 0 Å². The highest BCUT2D eigenvalue weighted by atomic mass is 16.2. The van der Waals surface area contributed by atoms with Crippen LogP contribution >= 0.6 is 0 Å². The predicted octanol–water partition coefficient (Wildman–Crippen LogP) is 5.17. The molecular weight excluding hydrogens is 358 g/mol. The molecule has 0 spiro atoms. The fourth-order valence-corrected chi connectivity index (χ4v) is 3.62. The molecule has 1 aliphatic carbocycles. The summed E-state index contributed by atoms with van der Waals surface area (Å²) >= 11 is 0. The Balaban J connectivity index is 1.38. The highest BCUT2D eigenvalue weighted by molar-refractivity contribution is 6.06. The number of aromatic nitrogens is 1. The van der Waals surface area contributed by atoms with Crippen molar-refractivity contribution in [1.82, 2.24) is 15.8 Å². The fraction of sp³-hybridized carbons (Fsp3) is 0.120. The number of carbonyl (C=O) groups is 1. The van der Waals surface area contributed by atoms with Crippen LogP contribution in [0.1, 0.15) is 40.4 Å². The van der Waals surface area contributed by atoms with E-state index in [-0.39, 0.29) is 5.91 Å². The highest BCUT2D eigenvalue weighted by Crippen LogP contribution is 2.40. The lowest BCUT2D eigenvalue weighted by atomic mass is 10.1. The zero-order valence-electron chi connectivity index (χ0n) is 16.0. The van der Waals surface area contributed by atoms with Crippen LogP contribution in [0.3, 0.4) is 0 Å². The van der Waals surface area contributed by atoms with E-state index in [2.05, 4.69) is 41.7 Å². The Bertz CT molecular complexity index is 1260. The molecule has 1 saturated carbocycles. The Kier molecular flexibility index (Phi) is 4.24. The molecule has 1 aliphatic rings. The van der Waals surface area contributed by atoms with Gasteiger partial charge in [0.05, 0.1) is 16.8 Å². The number of rotatable bonds is 5. The van der Waals surface area contributed by atoms with Gasteiger partial charge in [-0.2, -0.15) is 0 Å². The minimum Gasteiger partial charge on any atom is -0.298 e. The van der Waals surface area contributed by atoms with Gasteiger partial charge in [0.2, 0.25) is 0 Å². The Hall–Kier alpha value is -3.66. The molecule has 0 unspecified atom stereocenters. The molecule has 0 bridgehead atoms. The maximum absolute atomic E-state index is 13.0. The lowest BCUT2D eigenvalue weighted by Crippen LogP contribution is -2.36. The number of carbonyl (C=O) groups excluding carboxylic acids is 1. The van der Waals surface area contributed by atoms with Crippen LogP contribution in [0.4, 0.5) is 0 Å². The largest absolute Gasteiger partial charge is 0.298 e. The number of hydrogen-bond donors (Lipinski definition) is 2. The van der Waals surface area contributed by atoms with Crippen LogP contribution in [-0.4, -0.2) is 10.9 Å². The van der Waals surface area contributed by atoms with Crippen LogP contribution in [0.5, 0.6) is 0 Å². The number of hydrogen-bond acceptors (Lipinski definition) is 3. The Morgan fingerprint density at radius 3 is 2.48 bits per heavy atom. The molecule has 4 aromatic rings. The molecule has 4 heteroatoms. The van der Waals surface area contributed by atoms with Crippen LogP contribution in [0.25, 0.3) is 27.4 Å². The molecule has 0 atom stereocenters. The second-order valence-electron chi connectivity index (χ2n) is 7.51. The van der Waals surface area contributed by atoms with Gasteiger partial charge in [-0.1, -0.05) is 61.2 Å². The van der Waals surface area contributed by atoms with Gasteiger partial charge in [0, 0.05) is 17.0 Å². The van der Waals surface area contributed by atoms with Gasteiger partial charge in [0.1, 0.15) is 0 Å². The van der Waals surface area contributed by atoms with Gasteiger partial charge in [-0.25, -0.2) is 0 Å². The summed E-state index contributed by atoms with van der Waals surface area (Å²) in [5.74, 6) is 0.291. The van der Waals surface area contributed by atoms with Crippen LogP contribution < -0.4 is 10.9 Å². The topological polar surface area (TPSA) is 54.0 Å². The fourth-order valence-electron chi connectivity index (χ4n) is 3.62. The van der Waals surface area contributed by atoms with E-state index in [0.717, 1.165) is 40.4 Å². The maximum atomic E-state index is 13.0. The van der Waals surface area contributed by atoms with E-state index >= 15 is 0 Å². The molecule has 1 amide bonds. The summed E-state index contributed by atoms with van der Waals surface area (Å²) in [5, 5.41) is 3.16. The van der Waals surface area contributed by atoms with Crippen molar-refractivity contribution in [2.24, 2.45) is 0 Å². The van der Waals surface area contributed by atoms with Crippen LogP contribution in [0, 0.1) is 0 Å². The standard InChI is InChI=1S/C25H21N3O/c1-16(19-13-10-17-6-2-3-7-20(17)14-19)27-28-25(29)22-15-24(18-11-12-18)26-23-9-5-4-8-21(22)23/h2-10,13-15,18,27H,1,11-12H2,(H,28,29). The summed E-state index contributed by atoms with van der Waals surface area (Å²) in [7, 11) is 0. The summed E-state index contributed by atoms with van der Waals surface area (Å²) in [6, 6.07) is 24.0. The summed E-state index contributed by atoms with van der Waals surface area (Å²) in [5.41, 5.74) is 9.85. The molecule has 5 rings (SSSR count). The average molecular weight is 379 g/mol. The van der Waals surface area contributed by atoms with Crippen molar-refractivity contribution in [1.29, 1.82) is 0 Å². The molecule has 29 heavy (non-hydrogen) atoms. The molecular formula is C25H21N3O.